The number of nitrogens with one attached hydrogen (secondary N) is 2. The maximum absolute atomic E-state index is 11.9. The smallest absolute Gasteiger partial charge is 0.226 e. The van der Waals surface area contributed by atoms with Crippen LogP contribution in [0, 0.1) is 12.8 Å². The molecule has 4 nitrogen and oxygen atoms in total. The van der Waals surface area contributed by atoms with E-state index in [1.807, 2.05) is 13.0 Å². The molecule has 1 aromatic carbocycles. The highest BCUT2D eigenvalue weighted by Crippen LogP contribution is 2.27. The first-order valence-electron chi connectivity index (χ1n) is 6.95. The quantitative estimate of drug-likeness (QED) is 0.592. The van der Waals surface area contributed by atoms with E-state index in [2.05, 4.69) is 10.6 Å². The molecule has 5 heteroatoms. The third kappa shape index (κ3) is 4.20. The van der Waals surface area contributed by atoms with Crippen LogP contribution in [0.25, 0.3) is 0 Å². The van der Waals surface area contributed by atoms with Crippen molar-refractivity contribution in [1.82, 2.24) is 5.32 Å². The van der Waals surface area contributed by atoms with Gasteiger partial charge < -0.3 is 15.7 Å². The van der Waals surface area contributed by atoms with Gasteiger partial charge >= 0.3 is 0 Å². The van der Waals surface area contributed by atoms with Crippen LogP contribution in [0.15, 0.2) is 18.2 Å². The average molecular weight is 292 g/mol. The molecular formula is C15H20N2O2S. The molecule has 0 aliphatic heterocycles. The van der Waals surface area contributed by atoms with Crippen molar-refractivity contribution in [3.63, 3.8) is 0 Å². The van der Waals surface area contributed by atoms with Crippen LogP contribution in [0.1, 0.15) is 37.7 Å². The summed E-state index contributed by atoms with van der Waals surface area (Å²) in [4.78, 5) is 11.9. The summed E-state index contributed by atoms with van der Waals surface area (Å²) in [6.45, 7) is 1.92. The maximum Gasteiger partial charge on any atom is 0.226 e. The number of anilines is 1. The number of carbonyl (C=O) groups is 1. The zero-order chi connectivity index (χ0) is 14.5. The molecule has 20 heavy (non-hydrogen) atoms. The fourth-order valence-corrected chi connectivity index (χ4v) is 2.78. The van der Waals surface area contributed by atoms with Gasteiger partial charge in [-0.05, 0) is 55.6 Å². The number of aryl methyl sites for hydroxylation is 1. The number of amides is 1. The van der Waals surface area contributed by atoms with Gasteiger partial charge in [-0.2, -0.15) is 0 Å². The second-order valence-electron chi connectivity index (χ2n) is 5.38. The van der Waals surface area contributed by atoms with Gasteiger partial charge in [0.15, 0.2) is 5.11 Å². The van der Waals surface area contributed by atoms with E-state index >= 15 is 0 Å². The minimum absolute atomic E-state index is 0.0541. The highest BCUT2D eigenvalue weighted by molar-refractivity contribution is 7.80. The first-order valence-corrected chi connectivity index (χ1v) is 7.36. The Bertz CT molecular complexity index is 511. The van der Waals surface area contributed by atoms with Crippen LogP contribution in [-0.2, 0) is 4.79 Å². The van der Waals surface area contributed by atoms with Gasteiger partial charge in [0.1, 0.15) is 5.75 Å². The minimum Gasteiger partial charge on any atom is -0.506 e. The van der Waals surface area contributed by atoms with E-state index in [0.717, 1.165) is 18.4 Å². The Balaban J connectivity index is 1.85. The molecule has 1 aliphatic carbocycles. The molecule has 1 fully saturated rings. The van der Waals surface area contributed by atoms with E-state index in [9.17, 15) is 9.90 Å². The zero-order valence-electron chi connectivity index (χ0n) is 11.6. The van der Waals surface area contributed by atoms with Gasteiger partial charge in [-0.3, -0.25) is 4.79 Å². The number of thiocarbonyl (C=S) groups is 1. The third-order valence-corrected chi connectivity index (χ3v) is 3.81. The van der Waals surface area contributed by atoms with Crippen LogP contribution in [0.4, 0.5) is 5.69 Å². The topological polar surface area (TPSA) is 61.4 Å². The van der Waals surface area contributed by atoms with E-state index in [-0.39, 0.29) is 16.8 Å². The maximum atomic E-state index is 11.9. The molecule has 108 valence electrons. The normalized spacial score (nSPS) is 15.1. The summed E-state index contributed by atoms with van der Waals surface area (Å²) >= 11 is 5.10. The number of benzene rings is 1. The van der Waals surface area contributed by atoms with E-state index in [1.54, 1.807) is 12.1 Å². The van der Waals surface area contributed by atoms with Crippen LogP contribution in [-0.4, -0.2) is 16.1 Å². The number of phenols is 1. The molecule has 1 saturated carbocycles. The standard InChI is InChI=1S/C15H20N2O2S/c1-10-6-7-13(18)12(8-10)16-15(20)17-14(19)9-11-4-2-3-5-11/h6-8,11,18H,2-5,9H2,1H3,(H2,16,17,19,20). The lowest BCUT2D eigenvalue weighted by atomic mass is 10.0. The van der Waals surface area contributed by atoms with Gasteiger partial charge in [0, 0.05) is 6.42 Å². The predicted molar refractivity (Wildman–Crippen MR) is 83.8 cm³/mol. The van der Waals surface area contributed by atoms with Crippen molar-refractivity contribution in [2.24, 2.45) is 5.92 Å². The highest BCUT2D eigenvalue weighted by Gasteiger charge is 2.19. The second-order valence-corrected chi connectivity index (χ2v) is 5.79. The molecule has 0 aromatic heterocycles. The Kier molecular flexibility index (Phi) is 4.95. The molecule has 0 bridgehead atoms. The lowest BCUT2D eigenvalue weighted by Crippen LogP contribution is -2.34. The van der Waals surface area contributed by atoms with Crippen molar-refractivity contribution in [2.75, 3.05) is 5.32 Å². The molecule has 0 saturated heterocycles. The summed E-state index contributed by atoms with van der Waals surface area (Å²) in [6, 6.07) is 5.19. The molecule has 0 atom stereocenters. The van der Waals surface area contributed by atoms with Crippen molar-refractivity contribution in [3.05, 3.63) is 23.8 Å². The zero-order valence-corrected chi connectivity index (χ0v) is 12.4. The number of rotatable bonds is 3. The molecular weight excluding hydrogens is 272 g/mol. The molecule has 1 aliphatic rings. The van der Waals surface area contributed by atoms with Gasteiger partial charge in [0.25, 0.3) is 0 Å². The third-order valence-electron chi connectivity index (χ3n) is 3.60. The van der Waals surface area contributed by atoms with Crippen LogP contribution in [0.2, 0.25) is 0 Å². The van der Waals surface area contributed by atoms with Gasteiger partial charge in [0.2, 0.25) is 5.91 Å². The van der Waals surface area contributed by atoms with E-state index in [0.29, 0.717) is 18.0 Å². The summed E-state index contributed by atoms with van der Waals surface area (Å²) in [5, 5.41) is 15.5. The number of hydrogen-bond donors (Lipinski definition) is 3. The van der Waals surface area contributed by atoms with Crippen molar-refractivity contribution in [3.8, 4) is 5.75 Å². The molecule has 1 aromatic rings. The number of aromatic hydroxyl groups is 1. The van der Waals surface area contributed by atoms with Crippen LogP contribution >= 0.6 is 12.2 Å². The average Bonchev–Trinajstić information content (AvgIpc) is 2.86. The number of phenolic OH excluding ortho intramolecular Hbond substituents is 1. The molecule has 2 rings (SSSR count). The molecule has 0 radical (unpaired) electrons. The van der Waals surface area contributed by atoms with Crippen LogP contribution in [0.5, 0.6) is 5.75 Å². The summed E-state index contributed by atoms with van der Waals surface area (Å²) in [6.07, 6.45) is 5.23. The molecule has 0 heterocycles. The van der Waals surface area contributed by atoms with Gasteiger partial charge in [0.05, 0.1) is 5.69 Å². The van der Waals surface area contributed by atoms with Crippen LogP contribution in [0.3, 0.4) is 0 Å². The Morgan fingerprint density at radius 1 is 1.40 bits per heavy atom. The summed E-state index contributed by atoms with van der Waals surface area (Å²) in [5.41, 5.74) is 1.52. The predicted octanol–water partition coefficient (Wildman–Crippen LogP) is 3.09. The fourth-order valence-electron chi connectivity index (χ4n) is 2.56. The Morgan fingerprint density at radius 3 is 2.80 bits per heavy atom. The molecule has 1 amide bonds. The Labute approximate surface area is 124 Å². The lowest BCUT2D eigenvalue weighted by molar-refractivity contribution is -0.120. The van der Waals surface area contributed by atoms with Gasteiger partial charge in [-0.1, -0.05) is 18.9 Å². The van der Waals surface area contributed by atoms with E-state index in [1.165, 1.54) is 12.8 Å². The SMILES string of the molecule is Cc1ccc(O)c(NC(=S)NC(=O)CC2CCCC2)c1. The fraction of sp³-hybridized carbons (Fsp3) is 0.467. The molecule has 0 unspecified atom stereocenters. The minimum atomic E-state index is -0.0541. The Hall–Kier alpha value is -1.62. The monoisotopic (exact) mass is 292 g/mol. The first-order chi connectivity index (χ1) is 9.54. The van der Waals surface area contributed by atoms with Crippen molar-refractivity contribution in [2.45, 2.75) is 39.0 Å². The highest BCUT2D eigenvalue weighted by atomic mass is 32.1. The van der Waals surface area contributed by atoms with Crippen molar-refractivity contribution < 1.29 is 9.90 Å². The van der Waals surface area contributed by atoms with Gasteiger partial charge in [-0.15, -0.1) is 0 Å². The Morgan fingerprint density at radius 2 is 2.10 bits per heavy atom. The summed E-state index contributed by atoms with van der Waals surface area (Å²) < 4.78 is 0. The van der Waals surface area contributed by atoms with Gasteiger partial charge in [-0.25, -0.2) is 0 Å². The van der Waals surface area contributed by atoms with Crippen molar-refractivity contribution in [1.29, 1.82) is 0 Å². The van der Waals surface area contributed by atoms with E-state index in [4.69, 9.17) is 12.2 Å². The number of carbonyl (C=O) groups excluding carboxylic acids is 1. The first kappa shape index (κ1) is 14.8. The summed E-state index contributed by atoms with van der Waals surface area (Å²) in [5.74, 6) is 0.551. The van der Waals surface area contributed by atoms with Crippen molar-refractivity contribution >= 4 is 28.9 Å². The van der Waals surface area contributed by atoms with Crippen LogP contribution < -0.4 is 10.6 Å². The number of hydrogen-bond acceptors (Lipinski definition) is 3. The lowest BCUT2D eigenvalue weighted by Gasteiger charge is -2.13. The second kappa shape index (κ2) is 6.70. The molecule has 3 N–H and O–H groups in total. The largest absolute Gasteiger partial charge is 0.506 e. The molecule has 0 spiro atoms. The van der Waals surface area contributed by atoms with E-state index < -0.39 is 0 Å². The summed E-state index contributed by atoms with van der Waals surface area (Å²) in [7, 11) is 0.